The van der Waals surface area contributed by atoms with Crippen molar-refractivity contribution in [2.45, 2.75) is 40.7 Å². The maximum atomic E-state index is 12.2. The molecule has 130 valence electrons. The van der Waals surface area contributed by atoms with Crippen LogP contribution in [0.3, 0.4) is 0 Å². The molecule has 1 N–H and O–H groups in total. The van der Waals surface area contributed by atoms with Crippen LogP contribution < -0.4 is 5.32 Å². The number of fused-ring (bicyclic) bond motifs is 1. The highest BCUT2D eigenvalue weighted by Gasteiger charge is 2.17. The normalized spacial score (nSPS) is 11.7. The molecule has 0 unspecified atom stereocenters. The highest BCUT2D eigenvalue weighted by Crippen LogP contribution is 2.23. The van der Waals surface area contributed by atoms with E-state index in [0.29, 0.717) is 18.8 Å². The lowest BCUT2D eigenvalue weighted by Gasteiger charge is -2.17. The SMILES string of the molecule is Cc1cc2c(cnn2Cc2ccccc2)nc1NC(=O)CC(C)(C)C. The molecule has 3 rings (SSSR count). The molecule has 0 atom stereocenters. The fraction of sp³-hybridized carbons (Fsp3) is 0.350. The third-order valence-electron chi connectivity index (χ3n) is 3.94. The summed E-state index contributed by atoms with van der Waals surface area (Å²) in [6, 6.07) is 12.2. The molecule has 25 heavy (non-hydrogen) atoms. The zero-order valence-corrected chi connectivity index (χ0v) is 15.2. The number of hydrogen-bond donors (Lipinski definition) is 1. The second kappa shape index (κ2) is 6.67. The third kappa shape index (κ3) is 4.24. The maximum Gasteiger partial charge on any atom is 0.226 e. The van der Waals surface area contributed by atoms with E-state index in [1.165, 1.54) is 5.56 Å². The second-order valence-electron chi connectivity index (χ2n) is 7.63. The lowest BCUT2D eigenvalue weighted by atomic mass is 9.92. The van der Waals surface area contributed by atoms with E-state index in [-0.39, 0.29) is 11.3 Å². The van der Waals surface area contributed by atoms with Crippen LogP contribution in [0.25, 0.3) is 11.0 Å². The molecule has 3 aromatic rings. The molecule has 0 saturated heterocycles. The van der Waals surface area contributed by atoms with Crippen molar-refractivity contribution in [3.63, 3.8) is 0 Å². The van der Waals surface area contributed by atoms with Crippen molar-refractivity contribution < 1.29 is 4.79 Å². The minimum atomic E-state index is -0.0529. The Labute approximate surface area is 148 Å². The number of nitrogens with one attached hydrogen (secondary N) is 1. The van der Waals surface area contributed by atoms with Gasteiger partial charge in [-0.25, -0.2) is 4.98 Å². The minimum absolute atomic E-state index is 0.0147. The van der Waals surface area contributed by atoms with E-state index in [9.17, 15) is 4.79 Å². The molecule has 2 heterocycles. The van der Waals surface area contributed by atoms with Gasteiger partial charge in [0.15, 0.2) is 0 Å². The van der Waals surface area contributed by atoms with Crippen LogP contribution in [-0.2, 0) is 11.3 Å². The monoisotopic (exact) mass is 336 g/mol. The number of benzene rings is 1. The average molecular weight is 336 g/mol. The first kappa shape index (κ1) is 17.1. The number of rotatable bonds is 4. The van der Waals surface area contributed by atoms with Gasteiger partial charge in [0.1, 0.15) is 11.3 Å². The summed E-state index contributed by atoms with van der Waals surface area (Å²) >= 11 is 0. The van der Waals surface area contributed by atoms with Crippen molar-refractivity contribution in [3.8, 4) is 0 Å². The van der Waals surface area contributed by atoms with Crippen LogP contribution in [0.15, 0.2) is 42.6 Å². The van der Waals surface area contributed by atoms with Gasteiger partial charge in [0, 0.05) is 6.42 Å². The molecular weight excluding hydrogens is 312 g/mol. The smallest absolute Gasteiger partial charge is 0.226 e. The van der Waals surface area contributed by atoms with Gasteiger partial charge in [-0.3, -0.25) is 9.48 Å². The fourth-order valence-electron chi connectivity index (χ4n) is 2.77. The van der Waals surface area contributed by atoms with Gasteiger partial charge < -0.3 is 5.32 Å². The number of aromatic nitrogens is 3. The number of carbonyl (C=O) groups is 1. The van der Waals surface area contributed by atoms with Crippen molar-refractivity contribution in [1.82, 2.24) is 14.8 Å². The molecule has 5 heteroatoms. The Morgan fingerprint density at radius 1 is 1.20 bits per heavy atom. The second-order valence-corrected chi connectivity index (χ2v) is 7.63. The van der Waals surface area contributed by atoms with E-state index < -0.39 is 0 Å². The van der Waals surface area contributed by atoms with Crippen molar-refractivity contribution in [2.75, 3.05) is 5.32 Å². The third-order valence-corrected chi connectivity index (χ3v) is 3.94. The summed E-state index contributed by atoms with van der Waals surface area (Å²) in [5.41, 5.74) is 3.82. The molecule has 0 aliphatic heterocycles. The van der Waals surface area contributed by atoms with Gasteiger partial charge in [-0.05, 0) is 29.5 Å². The van der Waals surface area contributed by atoms with E-state index in [2.05, 4.69) is 27.5 Å². The first-order valence-electron chi connectivity index (χ1n) is 8.49. The van der Waals surface area contributed by atoms with E-state index in [1.807, 2.05) is 56.6 Å². The number of carbonyl (C=O) groups excluding carboxylic acids is 1. The topological polar surface area (TPSA) is 59.8 Å². The van der Waals surface area contributed by atoms with Gasteiger partial charge in [-0.15, -0.1) is 0 Å². The molecule has 2 aromatic heterocycles. The summed E-state index contributed by atoms with van der Waals surface area (Å²) in [6.07, 6.45) is 2.20. The molecule has 0 bridgehead atoms. The maximum absolute atomic E-state index is 12.2. The van der Waals surface area contributed by atoms with Gasteiger partial charge in [-0.1, -0.05) is 51.1 Å². The number of pyridine rings is 1. The number of anilines is 1. The Hall–Kier alpha value is -2.69. The Morgan fingerprint density at radius 3 is 2.60 bits per heavy atom. The molecule has 0 saturated carbocycles. The van der Waals surface area contributed by atoms with Crippen LogP contribution in [0.5, 0.6) is 0 Å². The summed E-state index contributed by atoms with van der Waals surface area (Å²) in [7, 11) is 0. The Bertz CT molecular complexity index is 891. The molecule has 0 fully saturated rings. The van der Waals surface area contributed by atoms with Crippen molar-refractivity contribution in [1.29, 1.82) is 0 Å². The van der Waals surface area contributed by atoms with E-state index in [1.54, 1.807) is 6.20 Å². The molecule has 0 aliphatic carbocycles. The molecular formula is C20H24N4O. The van der Waals surface area contributed by atoms with E-state index >= 15 is 0 Å². The predicted octanol–water partition coefficient (Wildman–Crippen LogP) is 4.16. The van der Waals surface area contributed by atoms with Gasteiger partial charge in [0.25, 0.3) is 0 Å². The van der Waals surface area contributed by atoms with Gasteiger partial charge in [0.05, 0.1) is 18.3 Å². The molecule has 0 aliphatic rings. The lowest BCUT2D eigenvalue weighted by molar-refractivity contribution is -0.117. The van der Waals surface area contributed by atoms with Crippen molar-refractivity contribution in [3.05, 3.63) is 53.7 Å². The number of amides is 1. The van der Waals surface area contributed by atoms with Gasteiger partial charge in [0.2, 0.25) is 5.91 Å². The van der Waals surface area contributed by atoms with Crippen LogP contribution in [0.1, 0.15) is 38.3 Å². The quantitative estimate of drug-likeness (QED) is 0.778. The summed E-state index contributed by atoms with van der Waals surface area (Å²) in [5, 5.41) is 7.38. The van der Waals surface area contributed by atoms with Gasteiger partial charge in [-0.2, -0.15) is 5.10 Å². The average Bonchev–Trinajstić information content (AvgIpc) is 2.89. The first-order chi connectivity index (χ1) is 11.8. The van der Waals surface area contributed by atoms with Crippen molar-refractivity contribution >= 4 is 22.8 Å². The number of nitrogens with zero attached hydrogens (tertiary/aromatic N) is 3. The Balaban J connectivity index is 1.85. The minimum Gasteiger partial charge on any atom is -0.310 e. The first-order valence-corrected chi connectivity index (χ1v) is 8.49. The van der Waals surface area contributed by atoms with E-state index in [4.69, 9.17) is 0 Å². The zero-order chi connectivity index (χ0) is 18.0. The summed E-state index contributed by atoms with van der Waals surface area (Å²) < 4.78 is 1.94. The summed E-state index contributed by atoms with van der Waals surface area (Å²) in [4.78, 5) is 16.8. The summed E-state index contributed by atoms with van der Waals surface area (Å²) in [6.45, 7) is 8.79. The zero-order valence-electron chi connectivity index (χ0n) is 15.2. The van der Waals surface area contributed by atoms with Crippen LogP contribution in [0.2, 0.25) is 0 Å². The lowest BCUT2D eigenvalue weighted by Crippen LogP contribution is -2.20. The molecule has 5 nitrogen and oxygen atoms in total. The van der Waals surface area contributed by atoms with Crippen LogP contribution >= 0.6 is 0 Å². The Morgan fingerprint density at radius 2 is 1.92 bits per heavy atom. The van der Waals surface area contributed by atoms with Gasteiger partial charge >= 0.3 is 0 Å². The highest BCUT2D eigenvalue weighted by molar-refractivity contribution is 5.92. The number of aryl methyl sites for hydroxylation is 1. The molecule has 0 spiro atoms. The number of hydrogen-bond acceptors (Lipinski definition) is 3. The van der Waals surface area contributed by atoms with Crippen LogP contribution in [0, 0.1) is 12.3 Å². The molecule has 1 aromatic carbocycles. The fourth-order valence-corrected chi connectivity index (χ4v) is 2.77. The summed E-state index contributed by atoms with van der Waals surface area (Å²) in [5.74, 6) is 0.597. The standard InChI is InChI=1S/C20H24N4O/c1-14-10-17-16(22-19(14)23-18(25)11-20(2,3)4)12-21-24(17)13-15-8-6-5-7-9-15/h5-10,12H,11,13H2,1-4H3,(H,22,23,25). The highest BCUT2D eigenvalue weighted by atomic mass is 16.1. The van der Waals surface area contributed by atoms with Crippen LogP contribution in [-0.4, -0.2) is 20.7 Å². The Kier molecular flexibility index (Phi) is 4.57. The molecule has 1 amide bonds. The van der Waals surface area contributed by atoms with E-state index in [0.717, 1.165) is 16.6 Å². The largest absolute Gasteiger partial charge is 0.310 e. The van der Waals surface area contributed by atoms with Crippen molar-refractivity contribution in [2.24, 2.45) is 5.41 Å². The molecule has 0 radical (unpaired) electrons. The van der Waals surface area contributed by atoms with Crippen LogP contribution in [0.4, 0.5) is 5.82 Å². The predicted molar refractivity (Wildman–Crippen MR) is 101 cm³/mol.